The molecule has 0 saturated heterocycles. The van der Waals surface area contributed by atoms with Gasteiger partial charge in [0.25, 0.3) is 5.91 Å². The Morgan fingerprint density at radius 1 is 0.652 bits per heavy atom. The molecular formula is C34H25F6NO5. The van der Waals surface area contributed by atoms with Crippen molar-refractivity contribution in [3.8, 4) is 11.1 Å². The summed E-state index contributed by atoms with van der Waals surface area (Å²) in [6, 6.07) is 21.3. The number of hydrogen-bond acceptors (Lipinski definition) is 4. The van der Waals surface area contributed by atoms with E-state index in [1.54, 1.807) is 24.3 Å². The zero-order chi connectivity index (χ0) is 33.6. The molecule has 0 heterocycles. The van der Waals surface area contributed by atoms with Crippen LogP contribution in [0.1, 0.15) is 66.5 Å². The van der Waals surface area contributed by atoms with Crippen LogP contribution in [0.25, 0.3) is 11.1 Å². The first-order valence-corrected chi connectivity index (χ1v) is 13.8. The second-order valence-electron chi connectivity index (χ2n) is 10.3. The van der Waals surface area contributed by atoms with Crippen molar-refractivity contribution >= 4 is 23.4 Å². The monoisotopic (exact) mass is 641 g/mol. The third-order valence-corrected chi connectivity index (χ3v) is 7.09. The van der Waals surface area contributed by atoms with E-state index >= 15 is 0 Å². The number of hydrogen-bond donors (Lipinski definition) is 2. The molecule has 4 rings (SSSR count). The van der Waals surface area contributed by atoms with E-state index in [1.165, 1.54) is 24.3 Å². The maximum absolute atomic E-state index is 13.8. The minimum absolute atomic E-state index is 0.0204. The van der Waals surface area contributed by atoms with Crippen molar-refractivity contribution in [3.63, 3.8) is 0 Å². The van der Waals surface area contributed by atoms with Gasteiger partial charge in [-0.1, -0.05) is 66.7 Å². The summed E-state index contributed by atoms with van der Waals surface area (Å²) in [6.07, 6.45) is -11.4. The molecule has 0 spiro atoms. The first-order valence-electron chi connectivity index (χ1n) is 13.8. The number of aliphatic carboxylic acids is 1. The second kappa shape index (κ2) is 13.8. The number of carbonyl (C=O) groups is 4. The van der Waals surface area contributed by atoms with Crippen molar-refractivity contribution < 1.29 is 50.6 Å². The van der Waals surface area contributed by atoms with E-state index in [1.807, 2.05) is 30.3 Å². The molecule has 1 amide bonds. The summed E-state index contributed by atoms with van der Waals surface area (Å²) in [6.45, 7) is -0.135. The summed E-state index contributed by atoms with van der Waals surface area (Å²) in [7, 11) is 0. The summed E-state index contributed by atoms with van der Waals surface area (Å²) in [4.78, 5) is 50.1. The Morgan fingerprint density at radius 3 is 1.70 bits per heavy atom. The molecule has 1 unspecified atom stereocenters. The van der Waals surface area contributed by atoms with E-state index in [0.29, 0.717) is 12.1 Å². The van der Waals surface area contributed by atoms with Crippen molar-refractivity contribution in [1.29, 1.82) is 0 Å². The van der Waals surface area contributed by atoms with Crippen LogP contribution in [0.15, 0.2) is 97.1 Å². The first-order chi connectivity index (χ1) is 21.6. The molecule has 0 saturated carbocycles. The van der Waals surface area contributed by atoms with Gasteiger partial charge in [0.2, 0.25) is 0 Å². The number of Topliss-reactive ketones (excluding diaryl/α,β-unsaturated/α-hetero) is 2. The van der Waals surface area contributed by atoms with Gasteiger partial charge in [0.1, 0.15) is 0 Å². The fourth-order valence-corrected chi connectivity index (χ4v) is 4.69. The number of ketones is 2. The normalized spacial score (nSPS) is 12.3. The Morgan fingerprint density at radius 2 is 1.17 bits per heavy atom. The Bertz CT molecular complexity index is 1700. The predicted octanol–water partition coefficient (Wildman–Crippen LogP) is 7.84. The topological polar surface area (TPSA) is 101 Å². The van der Waals surface area contributed by atoms with Crippen LogP contribution in [0.2, 0.25) is 0 Å². The third-order valence-electron chi connectivity index (χ3n) is 7.09. The Hall–Kier alpha value is -5.26. The largest absolute Gasteiger partial charge is 0.481 e. The molecule has 12 heteroatoms. The van der Waals surface area contributed by atoms with Crippen molar-refractivity contribution in [2.24, 2.45) is 0 Å². The summed E-state index contributed by atoms with van der Waals surface area (Å²) < 4.78 is 80.8. The van der Waals surface area contributed by atoms with Gasteiger partial charge in [-0.2, -0.15) is 26.3 Å². The van der Waals surface area contributed by atoms with Gasteiger partial charge in [0.15, 0.2) is 11.6 Å². The number of rotatable bonds is 11. The molecule has 0 aliphatic carbocycles. The molecule has 6 nitrogen and oxygen atoms in total. The SMILES string of the molecule is O=C(O)CCNC(=O)c1ccc(C(=O)C(CC(=O)c2cc(C(F)(F)F)cc(C(F)(F)F)c2)c2ccc(-c3ccccc3)cc2)cc1. The van der Waals surface area contributed by atoms with E-state index in [4.69, 9.17) is 5.11 Å². The van der Waals surface area contributed by atoms with Crippen molar-refractivity contribution in [3.05, 3.63) is 130 Å². The van der Waals surface area contributed by atoms with Crippen LogP contribution in [0.3, 0.4) is 0 Å². The molecule has 0 aromatic heterocycles. The van der Waals surface area contributed by atoms with Crippen molar-refractivity contribution in [1.82, 2.24) is 5.32 Å². The van der Waals surface area contributed by atoms with E-state index in [2.05, 4.69) is 5.32 Å². The lowest BCUT2D eigenvalue weighted by Gasteiger charge is -2.18. The van der Waals surface area contributed by atoms with Crippen LogP contribution in [0, 0.1) is 0 Å². The molecule has 4 aromatic rings. The number of halogens is 6. The molecule has 4 aromatic carbocycles. The molecule has 46 heavy (non-hydrogen) atoms. The summed E-state index contributed by atoms with van der Waals surface area (Å²) in [5.74, 6) is -4.80. The highest BCUT2D eigenvalue weighted by Crippen LogP contribution is 2.37. The molecule has 0 aliphatic rings. The molecule has 2 N–H and O–H groups in total. The van der Waals surface area contributed by atoms with Crippen LogP contribution >= 0.6 is 0 Å². The third kappa shape index (κ3) is 8.46. The lowest BCUT2D eigenvalue weighted by Crippen LogP contribution is -2.26. The second-order valence-corrected chi connectivity index (χ2v) is 10.3. The Balaban J connectivity index is 1.68. The van der Waals surface area contributed by atoms with Gasteiger partial charge in [-0.05, 0) is 47.0 Å². The highest BCUT2D eigenvalue weighted by Gasteiger charge is 2.38. The smallest absolute Gasteiger partial charge is 0.416 e. The van der Waals surface area contributed by atoms with Gasteiger partial charge in [0, 0.05) is 29.7 Å². The average Bonchev–Trinajstić information content (AvgIpc) is 3.02. The summed E-state index contributed by atoms with van der Waals surface area (Å²) >= 11 is 0. The molecule has 0 radical (unpaired) electrons. The van der Waals surface area contributed by atoms with Crippen molar-refractivity contribution in [2.75, 3.05) is 6.54 Å². The fraction of sp³-hybridized carbons (Fsp3) is 0.176. The van der Waals surface area contributed by atoms with E-state index in [9.17, 15) is 45.5 Å². The van der Waals surface area contributed by atoms with E-state index in [0.717, 1.165) is 11.1 Å². The van der Waals surface area contributed by atoms with E-state index < -0.39 is 64.8 Å². The fourth-order valence-electron chi connectivity index (χ4n) is 4.69. The maximum atomic E-state index is 13.8. The van der Waals surface area contributed by atoms with Gasteiger partial charge in [0.05, 0.1) is 23.5 Å². The predicted molar refractivity (Wildman–Crippen MR) is 155 cm³/mol. The number of benzene rings is 4. The van der Waals surface area contributed by atoms with Gasteiger partial charge in [-0.25, -0.2) is 0 Å². The van der Waals surface area contributed by atoms with Crippen LogP contribution in [0.4, 0.5) is 26.3 Å². The van der Waals surface area contributed by atoms with Crippen molar-refractivity contribution in [2.45, 2.75) is 31.1 Å². The molecule has 0 fully saturated rings. The zero-order valence-corrected chi connectivity index (χ0v) is 23.8. The molecule has 238 valence electrons. The van der Waals surface area contributed by atoms with Crippen LogP contribution in [0.5, 0.6) is 0 Å². The lowest BCUT2D eigenvalue weighted by molar-refractivity contribution is -0.143. The zero-order valence-electron chi connectivity index (χ0n) is 23.8. The van der Waals surface area contributed by atoms with Crippen LogP contribution in [-0.2, 0) is 17.1 Å². The quantitative estimate of drug-likeness (QED) is 0.128. The minimum Gasteiger partial charge on any atom is -0.481 e. The molecule has 1 atom stereocenters. The summed E-state index contributed by atoms with van der Waals surface area (Å²) in [5.41, 5.74) is -2.15. The number of carboxylic acids is 1. The Kier molecular flexibility index (Phi) is 10.1. The summed E-state index contributed by atoms with van der Waals surface area (Å²) in [5, 5.41) is 11.1. The Labute approximate surface area is 258 Å². The number of amides is 1. The van der Waals surface area contributed by atoms with Gasteiger partial charge >= 0.3 is 18.3 Å². The van der Waals surface area contributed by atoms with Crippen LogP contribution in [-0.4, -0.2) is 35.1 Å². The van der Waals surface area contributed by atoms with Gasteiger partial charge in [-0.3, -0.25) is 19.2 Å². The van der Waals surface area contributed by atoms with Gasteiger partial charge < -0.3 is 10.4 Å². The first kappa shape index (κ1) is 33.6. The maximum Gasteiger partial charge on any atom is 0.416 e. The standard InChI is InChI=1S/C34H25F6NO5/c35-33(36,37)26-16-25(17-27(18-26)34(38,39)40)29(42)19-28(22-8-6-21(7-9-22)20-4-2-1-3-5-20)31(45)23-10-12-24(13-11-23)32(46)41-15-14-30(43)44/h1-13,16-18,28H,14-15,19H2,(H,41,46)(H,43,44). The molecule has 0 bridgehead atoms. The number of nitrogens with one attached hydrogen (secondary N) is 1. The number of carbonyl (C=O) groups excluding carboxylic acids is 3. The number of alkyl halides is 6. The average molecular weight is 642 g/mol. The molecule has 0 aliphatic heterocycles. The lowest BCUT2D eigenvalue weighted by atomic mass is 9.84. The molecular weight excluding hydrogens is 616 g/mol. The highest BCUT2D eigenvalue weighted by atomic mass is 19.4. The van der Waals surface area contributed by atoms with Gasteiger partial charge in [-0.15, -0.1) is 0 Å². The van der Waals surface area contributed by atoms with Crippen LogP contribution < -0.4 is 5.32 Å². The minimum atomic E-state index is -5.17. The van der Waals surface area contributed by atoms with E-state index in [-0.39, 0.29) is 35.7 Å². The highest BCUT2D eigenvalue weighted by molar-refractivity contribution is 6.07. The number of carboxylic acid groups (broad SMARTS) is 1.